The fourth-order valence-corrected chi connectivity index (χ4v) is 1.13. The van der Waals surface area contributed by atoms with E-state index in [4.69, 9.17) is 9.68 Å². The molecule has 2 aliphatic rings. The summed E-state index contributed by atoms with van der Waals surface area (Å²) in [6.45, 7) is 3.60. The van der Waals surface area contributed by atoms with Crippen LogP contribution in [0.2, 0.25) is 0 Å². The van der Waals surface area contributed by atoms with E-state index in [9.17, 15) is 0 Å². The average Bonchev–Trinajstić information content (AvgIpc) is 2.55. The molecule has 1 atom stereocenters. The van der Waals surface area contributed by atoms with Crippen molar-refractivity contribution in [1.82, 2.24) is 0 Å². The zero-order valence-corrected chi connectivity index (χ0v) is 6.28. The van der Waals surface area contributed by atoms with Crippen molar-refractivity contribution >= 4 is 11.4 Å². The van der Waals surface area contributed by atoms with E-state index in [2.05, 4.69) is 10.3 Å². The van der Waals surface area contributed by atoms with E-state index in [1.165, 1.54) is 0 Å². The highest BCUT2D eigenvalue weighted by Crippen LogP contribution is 2.18. The molecule has 0 saturated carbocycles. The maximum absolute atomic E-state index is 5.11. The van der Waals surface area contributed by atoms with E-state index in [-0.39, 0.29) is 6.10 Å². The van der Waals surface area contributed by atoms with Gasteiger partial charge in [0.1, 0.15) is 5.71 Å². The Bertz CT molecular complexity index is 222. The molecule has 2 rings (SSSR count). The predicted molar refractivity (Wildman–Crippen MR) is 40.0 cm³/mol. The van der Waals surface area contributed by atoms with Crippen LogP contribution in [0, 0.1) is 6.61 Å². The lowest BCUT2D eigenvalue weighted by Gasteiger charge is -2.03. The van der Waals surface area contributed by atoms with Gasteiger partial charge in [0.05, 0.1) is 5.71 Å². The van der Waals surface area contributed by atoms with Crippen molar-refractivity contribution in [2.24, 2.45) is 10.3 Å². The molecule has 0 aliphatic carbocycles. The van der Waals surface area contributed by atoms with E-state index in [0.29, 0.717) is 0 Å². The van der Waals surface area contributed by atoms with Crippen molar-refractivity contribution < 1.29 is 9.68 Å². The van der Waals surface area contributed by atoms with Gasteiger partial charge in [0.2, 0.25) is 0 Å². The molecule has 4 nitrogen and oxygen atoms in total. The van der Waals surface area contributed by atoms with Crippen molar-refractivity contribution in [2.75, 3.05) is 0 Å². The van der Waals surface area contributed by atoms with E-state index >= 15 is 0 Å². The smallest absolute Gasteiger partial charge is 0.174 e. The van der Waals surface area contributed by atoms with E-state index < -0.39 is 0 Å². The minimum absolute atomic E-state index is 0.0220. The second kappa shape index (κ2) is 2.53. The predicted octanol–water partition coefficient (Wildman–Crippen LogP) is 1.09. The van der Waals surface area contributed by atoms with Gasteiger partial charge in [-0.2, -0.15) is 0 Å². The lowest BCUT2D eigenvalue weighted by molar-refractivity contribution is 0.130. The van der Waals surface area contributed by atoms with Gasteiger partial charge < -0.3 is 9.68 Å². The van der Waals surface area contributed by atoms with Crippen LogP contribution < -0.4 is 0 Å². The van der Waals surface area contributed by atoms with Gasteiger partial charge in [-0.25, -0.2) is 0 Å². The molecule has 0 aromatic rings. The molecule has 0 saturated heterocycles. The third kappa shape index (κ3) is 1.20. The summed E-state index contributed by atoms with van der Waals surface area (Å²) in [4.78, 5) is 9.84. The quantitative estimate of drug-likeness (QED) is 0.566. The second-order valence-electron chi connectivity index (χ2n) is 2.68. The van der Waals surface area contributed by atoms with Gasteiger partial charge in [0, 0.05) is 12.8 Å². The first-order valence-electron chi connectivity index (χ1n) is 3.60. The lowest BCUT2D eigenvalue weighted by Crippen LogP contribution is -2.18. The maximum Gasteiger partial charge on any atom is 0.174 e. The lowest BCUT2D eigenvalue weighted by atomic mass is 10.1. The van der Waals surface area contributed by atoms with Gasteiger partial charge in [-0.3, -0.25) is 0 Å². The minimum atomic E-state index is 0.0220. The number of nitrogens with zero attached hydrogens (tertiary/aromatic N) is 2. The molecule has 0 aromatic heterocycles. The highest BCUT2D eigenvalue weighted by Gasteiger charge is 2.26. The molecule has 0 spiro atoms. The largest absolute Gasteiger partial charge is 0.388 e. The molecule has 0 aromatic carbocycles. The molecule has 11 heavy (non-hydrogen) atoms. The zero-order chi connectivity index (χ0) is 7.68. The molecular weight excluding hydrogens is 144 g/mol. The van der Waals surface area contributed by atoms with Crippen LogP contribution in [0.1, 0.15) is 19.8 Å². The Morgan fingerprint density at radius 3 is 3.00 bits per heavy atom. The van der Waals surface area contributed by atoms with Crippen LogP contribution in [-0.4, -0.2) is 17.5 Å². The molecule has 2 heterocycles. The van der Waals surface area contributed by atoms with Crippen molar-refractivity contribution in [1.29, 1.82) is 0 Å². The first kappa shape index (κ1) is 6.64. The topological polar surface area (TPSA) is 43.2 Å². The standard InChI is InChI=1S/C7H9N2O2/c1-5-4-7(11-8-5)6-2-3-10-9-6/h3,7H,2,4H2,1H3. The van der Waals surface area contributed by atoms with Gasteiger partial charge in [-0.05, 0) is 6.92 Å². The van der Waals surface area contributed by atoms with Crippen LogP contribution in [0.25, 0.3) is 0 Å². The van der Waals surface area contributed by atoms with Gasteiger partial charge in [-0.15, -0.1) is 0 Å². The SMILES string of the molecule is CC1=NOC(C2=NO[CH]C2)C1. The Hall–Kier alpha value is -1.06. The molecule has 1 unspecified atom stereocenters. The third-order valence-electron chi connectivity index (χ3n) is 1.73. The number of oxime groups is 2. The fraction of sp³-hybridized carbons (Fsp3) is 0.571. The number of hydrogen-bond acceptors (Lipinski definition) is 4. The Labute approximate surface area is 64.8 Å². The molecule has 1 radical (unpaired) electrons. The van der Waals surface area contributed by atoms with E-state index in [0.717, 1.165) is 24.3 Å². The summed E-state index contributed by atoms with van der Waals surface area (Å²) >= 11 is 0. The molecule has 59 valence electrons. The average molecular weight is 153 g/mol. The highest BCUT2D eigenvalue weighted by atomic mass is 16.7. The van der Waals surface area contributed by atoms with Gasteiger partial charge in [-0.1, -0.05) is 10.3 Å². The van der Waals surface area contributed by atoms with Crippen molar-refractivity contribution in [3.8, 4) is 0 Å². The van der Waals surface area contributed by atoms with Gasteiger partial charge >= 0.3 is 0 Å². The third-order valence-corrected chi connectivity index (χ3v) is 1.73. The summed E-state index contributed by atoms with van der Waals surface area (Å²) in [5, 5.41) is 7.64. The molecule has 4 heteroatoms. The summed E-state index contributed by atoms with van der Waals surface area (Å²) in [6.07, 6.45) is 1.62. The molecule has 0 N–H and O–H groups in total. The second-order valence-corrected chi connectivity index (χ2v) is 2.68. The molecule has 0 fully saturated rings. The van der Waals surface area contributed by atoms with Crippen molar-refractivity contribution in [2.45, 2.75) is 25.9 Å². The van der Waals surface area contributed by atoms with Crippen molar-refractivity contribution in [3.05, 3.63) is 6.61 Å². The first-order chi connectivity index (χ1) is 5.36. The van der Waals surface area contributed by atoms with E-state index in [1.54, 1.807) is 6.61 Å². The summed E-state index contributed by atoms with van der Waals surface area (Å²) < 4.78 is 0. The summed E-state index contributed by atoms with van der Waals surface area (Å²) in [7, 11) is 0. The van der Waals surface area contributed by atoms with Crippen LogP contribution in [0.4, 0.5) is 0 Å². The van der Waals surface area contributed by atoms with Crippen LogP contribution in [-0.2, 0) is 9.68 Å². The summed E-state index contributed by atoms with van der Waals surface area (Å²) in [5.74, 6) is 0. The normalized spacial score (nSPS) is 29.0. The zero-order valence-electron chi connectivity index (χ0n) is 6.28. The minimum Gasteiger partial charge on any atom is -0.388 e. The summed E-state index contributed by atoms with van der Waals surface area (Å²) in [6, 6.07) is 0. The Kier molecular flexibility index (Phi) is 1.52. The maximum atomic E-state index is 5.11. The Morgan fingerprint density at radius 1 is 1.55 bits per heavy atom. The number of hydrogen-bond donors (Lipinski definition) is 0. The van der Waals surface area contributed by atoms with Crippen LogP contribution >= 0.6 is 0 Å². The fourth-order valence-electron chi connectivity index (χ4n) is 1.13. The van der Waals surface area contributed by atoms with E-state index in [1.807, 2.05) is 6.92 Å². The van der Waals surface area contributed by atoms with Crippen LogP contribution in [0.5, 0.6) is 0 Å². The molecule has 0 bridgehead atoms. The number of rotatable bonds is 1. The van der Waals surface area contributed by atoms with Gasteiger partial charge in [0.25, 0.3) is 0 Å². The Morgan fingerprint density at radius 2 is 2.45 bits per heavy atom. The Balaban J connectivity index is 1.98. The monoisotopic (exact) mass is 153 g/mol. The van der Waals surface area contributed by atoms with Gasteiger partial charge in [0.15, 0.2) is 12.7 Å². The van der Waals surface area contributed by atoms with Crippen LogP contribution in [0.15, 0.2) is 10.3 Å². The molecule has 2 aliphatic heterocycles. The first-order valence-corrected chi connectivity index (χ1v) is 3.60. The highest BCUT2D eigenvalue weighted by molar-refractivity contribution is 5.96. The van der Waals surface area contributed by atoms with Crippen molar-refractivity contribution in [3.63, 3.8) is 0 Å². The molecule has 0 amide bonds. The molecular formula is C7H9N2O2. The summed E-state index contributed by atoms with van der Waals surface area (Å²) in [5.41, 5.74) is 1.95. The van der Waals surface area contributed by atoms with Crippen LogP contribution in [0.3, 0.4) is 0 Å².